The normalized spacial score (nSPS) is 26.5. The number of fused-ring (bicyclic) bond motifs is 1. The summed E-state index contributed by atoms with van der Waals surface area (Å²) in [5.74, 6) is 0. The molecule has 28 heavy (non-hydrogen) atoms. The van der Waals surface area contributed by atoms with Crippen molar-refractivity contribution in [2.24, 2.45) is 0 Å². The fourth-order valence-corrected chi connectivity index (χ4v) is 4.40. The van der Waals surface area contributed by atoms with Gasteiger partial charge in [-0.2, -0.15) is 5.26 Å². The minimum atomic E-state index is -0.475. The van der Waals surface area contributed by atoms with Gasteiger partial charge in [0, 0.05) is 28.6 Å². The molecule has 2 aromatic rings. The van der Waals surface area contributed by atoms with Crippen molar-refractivity contribution in [2.45, 2.75) is 83.6 Å². The lowest BCUT2D eigenvalue weighted by Gasteiger charge is -2.32. The highest BCUT2D eigenvalue weighted by Crippen LogP contribution is 2.38. The average molecular weight is 380 g/mol. The van der Waals surface area contributed by atoms with Crippen molar-refractivity contribution < 1.29 is 14.4 Å². The van der Waals surface area contributed by atoms with Crippen LogP contribution >= 0.6 is 0 Å². The highest BCUT2D eigenvalue weighted by Gasteiger charge is 2.52. The van der Waals surface area contributed by atoms with Crippen LogP contribution in [0.15, 0.2) is 18.3 Å². The lowest BCUT2D eigenvalue weighted by Crippen LogP contribution is -2.41. The van der Waals surface area contributed by atoms with E-state index in [-0.39, 0.29) is 12.1 Å². The Labute approximate surface area is 167 Å². The van der Waals surface area contributed by atoms with E-state index >= 15 is 0 Å². The number of aryl methyl sites for hydroxylation is 1. The highest BCUT2D eigenvalue weighted by atomic mass is 16.7. The van der Waals surface area contributed by atoms with Crippen molar-refractivity contribution in [3.63, 3.8) is 0 Å². The zero-order chi connectivity index (χ0) is 20.3. The number of aromatic nitrogens is 1. The SMILES string of the molecule is Cc1cc2c(cc1C#N)c(B1OC(C)(C)C(C)(C)O1)cn2[C@@H]1CCC[C@@H](O)C1. The van der Waals surface area contributed by atoms with E-state index in [0.717, 1.165) is 47.6 Å². The molecule has 2 aliphatic rings. The molecule has 0 bridgehead atoms. The molecule has 0 radical (unpaired) electrons. The Kier molecular flexibility index (Phi) is 4.61. The second-order valence-corrected chi connectivity index (χ2v) is 9.35. The molecule has 1 aromatic carbocycles. The first-order chi connectivity index (χ1) is 13.1. The quantitative estimate of drug-likeness (QED) is 0.809. The molecule has 0 amide bonds. The summed E-state index contributed by atoms with van der Waals surface area (Å²) >= 11 is 0. The fraction of sp³-hybridized carbons (Fsp3) is 0.591. The van der Waals surface area contributed by atoms with Crippen LogP contribution in [0.4, 0.5) is 0 Å². The van der Waals surface area contributed by atoms with Crippen LogP contribution in [0, 0.1) is 18.3 Å². The summed E-state index contributed by atoms with van der Waals surface area (Å²) in [5, 5.41) is 20.7. The zero-order valence-corrected chi connectivity index (χ0v) is 17.5. The van der Waals surface area contributed by atoms with Gasteiger partial charge in [0.1, 0.15) is 0 Å². The standard InChI is InChI=1S/C22H29BN2O3/c1-14-9-20-18(10-15(14)12-24)19(23-27-21(2,3)22(4,5)28-23)13-25(20)16-7-6-8-17(26)11-16/h9-10,13,16-17,26H,6-8,11H2,1-5H3/t16-,17-/m1/s1. The van der Waals surface area contributed by atoms with E-state index in [0.29, 0.717) is 5.56 Å². The summed E-state index contributed by atoms with van der Waals surface area (Å²) in [6, 6.07) is 6.59. The van der Waals surface area contributed by atoms with E-state index in [1.165, 1.54) is 0 Å². The molecule has 2 heterocycles. The first-order valence-electron chi connectivity index (χ1n) is 10.2. The number of hydrogen-bond acceptors (Lipinski definition) is 4. The summed E-state index contributed by atoms with van der Waals surface area (Å²) in [5.41, 5.74) is 2.84. The Hall–Kier alpha value is -1.81. The number of hydrogen-bond donors (Lipinski definition) is 1. The fourth-order valence-electron chi connectivity index (χ4n) is 4.40. The Bertz CT molecular complexity index is 941. The zero-order valence-electron chi connectivity index (χ0n) is 17.5. The predicted molar refractivity (Wildman–Crippen MR) is 111 cm³/mol. The third-order valence-electron chi connectivity index (χ3n) is 6.85. The van der Waals surface area contributed by atoms with E-state index in [4.69, 9.17) is 9.31 Å². The van der Waals surface area contributed by atoms with Gasteiger partial charge in [0.25, 0.3) is 0 Å². The van der Waals surface area contributed by atoms with Crippen LogP contribution < -0.4 is 5.46 Å². The molecule has 1 saturated carbocycles. The maximum absolute atomic E-state index is 10.2. The van der Waals surface area contributed by atoms with E-state index in [1.54, 1.807) is 0 Å². The number of benzene rings is 1. The first-order valence-corrected chi connectivity index (χ1v) is 10.2. The second kappa shape index (κ2) is 6.62. The Balaban J connectivity index is 1.86. The topological polar surface area (TPSA) is 67.4 Å². The maximum Gasteiger partial charge on any atom is 0.497 e. The molecule has 2 fully saturated rings. The van der Waals surface area contributed by atoms with Crippen LogP contribution in [0.2, 0.25) is 0 Å². The Morgan fingerprint density at radius 3 is 2.46 bits per heavy atom. The van der Waals surface area contributed by atoms with Gasteiger partial charge < -0.3 is 19.0 Å². The highest BCUT2D eigenvalue weighted by molar-refractivity contribution is 6.65. The van der Waals surface area contributed by atoms with Gasteiger partial charge in [0.2, 0.25) is 0 Å². The molecular formula is C22H29BN2O3. The second-order valence-electron chi connectivity index (χ2n) is 9.35. The van der Waals surface area contributed by atoms with Gasteiger partial charge in [-0.25, -0.2) is 0 Å². The van der Waals surface area contributed by atoms with Gasteiger partial charge in [-0.1, -0.05) is 0 Å². The van der Waals surface area contributed by atoms with Crippen LogP contribution in [0.3, 0.4) is 0 Å². The minimum absolute atomic E-state index is 0.245. The van der Waals surface area contributed by atoms with E-state index in [2.05, 4.69) is 50.6 Å². The van der Waals surface area contributed by atoms with Gasteiger partial charge in [-0.3, -0.25) is 0 Å². The molecular weight excluding hydrogens is 351 g/mol. The summed E-state index contributed by atoms with van der Waals surface area (Å²) in [6.07, 6.45) is 5.56. The number of rotatable bonds is 2. The summed E-state index contributed by atoms with van der Waals surface area (Å²) < 4.78 is 14.9. The van der Waals surface area contributed by atoms with Crippen LogP contribution in [0.5, 0.6) is 0 Å². The lowest BCUT2D eigenvalue weighted by molar-refractivity contribution is 0.00578. The number of aliphatic hydroxyl groups excluding tert-OH is 1. The molecule has 0 unspecified atom stereocenters. The molecule has 1 N–H and O–H groups in total. The number of aliphatic hydroxyl groups is 1. The third-order valence-corrected chi connectivity index (χ3v) is 6.85. The molecule has 1 aliphatic heterocycles. The predicted octanol–water partition coefficient (Wildman–Crippen LogP) is 3.60. The maximum atomic E-state index is 10.2. The monoisotopic (exact) mass is 380 g/mol. The molecule has 1 aliphatic carbocycles. The van der Waals surface area contributed by atoms with Crippen molar-refractivity contribution in [1.29, 1.82) is 5.26 Å². The van der Waals surface area contributed by atoms with Gasteiger partial charge in [-0.15, -0.1) is 0 Å². The average Bonchev–Trinajstić information content (AvgIpc) is 3.08. The molecule has 148 valence electrons. The van der Waals surface area contributed by atoms with Crippen molar-refractivity contribution in [3.8, 4) is 6.07 Å². The van der Waals surface area contributed by atoms with Crippen molar-refractivity contribution >= 4 is 23.5 Å². The smallest absolute Gasteiger partial charge is 0.399 e. The van der Waals surface area contributed by atoms with Gasteiger partial charge in [-0.05, 0) is 78.0 Å². The van der Waals surface area contributed by atoms with Crippen molar-refractivity contribution in [2.75, 3.05) is 0 Å². The molecule has 0 spiro atoms. The Morgan fingerprint density at radius 2 is 1.86 bits per heavy atom. The largest absolute Gasteiger partial charge is 0.497 e. The minimum Gasteiger partial charge on any atom is -0.399 e. The molecule has 2 atom stereocenters. The first kappa shape index (κ1) is 19.5. The molecule has 5 nitrogen and oxygen atoms in total. The van der Waals surface area contributed by atoms with Crippen LogP contribution in [-0.2, 0) is 9.31 Å². The van der Waals surface area contributed by atoms with Crippen molar-refractivity contribution in [1.82, 2.24) is 4.57 Å². The van der Waals surface area contributed by atoms with E-state index < -0.39 is 18.3 Å². The van der Waals surface area contributed by atoms with Crippen LogP contribution in [0.1, 0.15) is 70.5 Å². The molecule has 1 saturated heterocycles. The third kappa shape index (κ3) is 3.06. The molecule has 4 rings (SSSR count). The van der Waals surface area contributed by atoms with Gasteiger partial charge in [0.15, 0.2) is 0 Å². The van der Waals surface area contributed by atoms with E-state index in [9.17, 15) is 10.4 Å². The summed E-state index contributed by atoms with van der Waals surface area (Å²) in [6.45, 7) is 10.2. The van der Waals surface area contributed by atoms with E-state index in [1.807, 2.05) is 13.0 Å². The summed E-state index contributed by atoms with van der Waals surface area (Å²) in [4.78, 5) is 0. The van der Waals surface area contributed by atoms with Crippen LogP contribution in [0.25, 0.3) is 10.9 Å². The van der Waals surface area contributed by atoms with Crippen molar-refractivity contribution in [3.05, 3.63) is 29.5 Å². The summed E-state index contributed by atoms with van der Waals surface area (Å²) in [7, 11) is -0.475. The van der Waals surface area contributed by atoms with Crippen LogP contribution in [-0.4, -0.2) is 34.1 Å². The molecule has 6 heteroatoms. The van der Waals surface area contributed by atoms with Gasteiger partial charge >= 0.3 is 7.12 Å². The van der Waals surface area contributed by atoms with Gasteiger partial charge in [0.05, 0.1) is 28.9 Å². The Morgan fingerprint density at radius 1 is 1.18 bits per heavy atom. The lowest BCUT2D eigenvalue weighted by atomic mass is 9.78. The number of nitriles is 1. The molecule has 1 aromatic heterocycles. The number of nitrogens with zero attached hydrogens (tertiary/aromatic N) is 2.